The van der Waals surface area contributed by atoms with Crippen LogP contribution >= 0.6 is 8.25 Å². The Hall–Kier alpha value is -1.40. The number of hydrogen-bond donors (Lipinski definition) is 2. The van der Waals surface area contributed by atoms with Crippen molar-refractivity contribution in [1.82, 2.24) is 5.32 Å². The summed E-state index contributed by atoms with van der Waals surface area (Å²) in [7, 11) is -1.18. The van der Waals surface area contributed by atoms with Crippen molar-refractivity contribution in [2.75, 3.05) is 13.8 Å². The quantitative estimate of drug-likeness (QED) is 0.312. The van der Waals surface area contributed by atoms with E-state index in [2.05, 4.69) is 12.2 Å². The molecular formula is C24H38NO6P. The maximum Gasteiger partial charge on any atom is 0.365 e. The minimum absolute atomic E-state index is 0.0299. The minimum atomic E-state index is -3.17. The summed E-state index contributed by atoms with van der Waals surface area (Å²) >= 11 is 0. The van der Waals surface area contributed by atoms with Gasteiger partial charge in [-0.1, -0.05) is 26.8 Å². The molecule has 3 aliphatic rings. The van der Waals surface area contributed by atoms with Crippen LogP contribution in [0.5, 0.6) is 5.75 Å². The molecule has 1 aromatic rings. The van der Waals surface area contributed by atoms with Crippen LogP contribution in [0, 0.1) is 19.3 Å². The molecule has 3 aliphatic carbocycles. The molecule has 2 unspecified atom stereocenters. The molecule has 0 aromatic heterocycles. The lowest BCUT2D eigenvalue weighted by molar-refractivity contribution is -0.181. The van der Waals surface area contributed by atoms with E-state index in [1.807, 2.05) is 40.8 Å². The highest BCUT2D eigenvalue weighted by atomic mass is 31.1. The molecular weight excluding hydrogens is 429 g/mol. The molecule has 7 nitrogen and oxygen atoms in total. The van der Waals surface area contributed by atoms with E-state index < -0.39 is 13.7 Å². The van der Waals surface area contributed by atoms with Crippen molar-refractivity contribution in [2.24, 2.45) is 5.41 Å². The lowest BCUT2D eigenvalue weighted by Crippen LogP contribution is -2.62. The summed E-state index contributed by atoms with van der Waals surface area (Å²) in [4.78, 5) is 22.0. The van der Waals surface area contributed by atoms with Gasteiger partial charge in [-0.25, -0.2) is 4.57 Å². The third kappa shape index (κ3) is 5.39. The van der Waals surface area contributed by atoms with Crippen LogP contribution in [0.1, 0.15) is 76.0 Å². The van der Waals surface area contributed by atoms with Gasteiger partial charge in [-0.15, -0.1) is 0 Å². The Balaban J connectivity index is 1.63. The maximum atomic E-state index is 12.7. The maximum absolute atomic E-state index is 12.7. The number of fused-ring (bicyclic) bond motifs is 3. The van der Waals surface area contributed by atoms with E-state index in [9.17, 15) is 14.3 Å². The van der Waals surface area contributed by atoms with Gasteiger partial charge in [0, 0.05) is 16.5 Å². The van der Waals surface area contributed by atoms with Gasteiger partial charge < -0.3 is 24.2 Å². The van der Waals surface area contributed by atoms with Gasteiger partial charge in [-0.05, 0) is 75.6 Å². The zero-order chi connectivity index (χ0) is 23.7. The summed E-state index contributed by atoms with van der Waals surface area (Å²) in [6.07, 6.45) is 5.65. The molecule has 0 aliphatic heterocycles. The number of esters is 1. The predicted molar refractivity (Wildman–Crippen MR) is 124 cm³/mol. The first-order chi connectivity index (χ1) is 14.9. The Morgan fingerprint density at radius 3 is 2.50 bits per heavy atom. The van der Waals surface area contributed by atoms with E-state index in [0.717, 1.165) is 36.0 Å². The molecule has 8 heteroatoms. The van der Waals surface area contributed by atoms with Gasteiger partial charge in [0.15, 0.2) is 6.79 Å². The zero-order valence-corrected chi connectivity index (χ0v) is 21.2. The van der Waals surface area contributed by atoms with Crippen molar-refractivity contribution in [3.63, 3.8) is 0 Å². The van der Waals surface area contributed by atoms with Gasteiger partial charge in [-0.3, -0.25) is 4.79 Å². The van der Waals surface area contributed by atoms with E-state index in [1.54, 1.807) is 6.07 Å². The lowest BCUT2D eigenvalue weighted by Gasteiger charge is -2.56. The Kier molecular flexibility index (Phi) is 7.45. The standard InChI is InChI=1S/C24H38NO6P/c1-16-11-17(2)21(18(12-16)31-32(27)28)22(3,4)14-20(26)30-15-29-19-13-23(5)7-9-24(19,25-6)10-8-23/h11-12,19,25,32H,7-10,13-15H2,1-6H3,(H,27,28). The number of ether oxygens (including phenoxy) is 2. The first kappa shape index (κ1) is 25.2. The fourth-order valence-electron chi connectivity index (χ4n) is 5.75. The fourth-order valence-corrected chi connectivity index (χ4v) is 6.10. The van der Waals surface area contributed by atoms with Crippen LogP contribution in [0.4, 0.5) is 0 Å². The van der Waals surface area contributed by atoms with Gasteiger partial charge in [0.2, 0.25) is 0 Å². The summed E-state index contributed by atoms with van der Waals surface area (Å²) in [5, 5.41) is 3.48. The van der Waals surface area contributed by atoms with Crippen LogP contribution < -0.4 is 9.84 Å². The Morgan fingerprint density at radius 2 is 1.91 bits per heavy atom. The highest BCUT2D eigenvalue weighted by Crippen LogP contribution is 2.52. The molecule has 0 heterocycles. The van der Waals surface area contributed by atoms with Gasteiger partial charge in [-0.2, -0.15) is 0 Å². The van der Waals surface area contributed by atoms with Crippen LogP contribution in [-0.4, -0.2) is 36.3 Å². The molecule has 1 aromatic carbocycles. The SMILES string of the molecule is CNC12CCC(C)(CC1)CC2OCOC(=O)CC(C)(C)c1c(C)cc(C)cc1O[PH](=O)O. The highest BCUT2D eigenvalue weighted by Gasteiger charge is 2.52. The molecule has 0 saturated heterocycles. The van der Waals surface area contributed by atoms with E-state index >= 15 is 0 Å². The van der Waals surface area contributed by atoms with Crippen LogP contribution in [0.15, 0.2) is 12.1 Å². The smallest absolute Gasteiger partial charge is 0.365 e. The average Bonchev–Trinajstić information content (AvgIpc) is 2.66. The number of benzene rings is 1. The van der Waals surface area contributed by atoms with Gasteiger partial charge >= 0.3 is 14.2 Å². The summed E-state index contributed by atoms with van der Waals surface area (Å²) in [5.74, 6) is -0.0337. The average molecular weight is 468 g/mol. The topological polar surface area (TPSA) is 94.1 Å². The Labute approximate surface area is 192 Å². The molecule has 3 saturated carbocycles. The van der Waals surface area contributed by atoms with Crippen LogP contribution in [0.25, 0.3) is 0 Å². The van der Waals surface area contributed by atoms with Crippen molar-refractivity contribution in [3.05, 3.63) is 28.8 Å². The zero-order valence-electron chi connectivity index (χ0n) is 20.2. The monoisotopic (exact) mass is 467 g/mol. The number of aryl methyl sites for hydroxylation is 2. The second-order valence-electron chi connectivity index (χ2n) is 10.6. The number of rotatable bonds is 9. The summed E-state index contributed by atoms with van der Waals surface area (Å²) in [6, 6.07) is 3.70. The van der Waals surface area contributed by atoms with Gasteiger partial charge in [0.1, 0.15) is 5.75 Å². The highest BCUT2D eigenvalue weighted by molar-refractivity contribution is 7.32. The van der Waals surface area contributed by atoms with E-state index in [4.69, 9.17) is 14.0 Å². The second kappa shape index (κ2) is 9.46. The molecule has 2 bridgehead atoms. The third-order valence-electron chi connectivity index (χ3n) is 7.53. The van der Waals surface area contributed by atoms with E-state index in [1.165, 1.54) is 12.8 Å². The largest absolute Gasteiger partial charge is 0.438 e. The number of carbonyl (C=O) groups is 1. The third-order valence-corrected chi connectivity index (χ3v) is 7.93. The summed E-state index contributed by atoms with van der Waals surface area (Å²) in [5.41, 5.74) is 2.19. The van der Waals surface area contributed by atoms with Crippen molar-refractivity contribution < 1.29 is 28.3 Å². The molecule has 0 spiro atoms. The number of carbonyl (C=O) groups excluding carboxylic acids is 1. The lowest BCUT2D eigenvalue weighted by atomic mass is 9.57. The van der Waals surface area contributed by atoms with E-state index in [0.29, 0.717) is 11.2 Å². The normalized spacial score (nSPS) is 28.4. The van der Waals surface area contributed by atoms with Crippen molar-refractivity contribution in [2.45, 2.75) is 90.2 Å². The van der Waals surface area contributed by atoms with Gasteiger partial charge in [0.25, 0.3) is 0 Å². The van der Waals surface area contributed by atoms with Crippen LogP contribution in [-0.2, 0) is 24.2 Å². The van der Waals surface area contributed by atoms with E-state index in [-0.39, 0.29) is 30.8 Å². The van der Waals surface area contributed by atoms with Crippen LogP contribution in [0.2, 0.25) is 0 Å². The first-order valence-electron chi connectivity index (χ1n) is 11.4. The Morgan fingerprint density at radius 1 is 1.25 bits per heavy atom. The molecule has 0 amide bonds. The molecule has 180 valence electrons. The molecule has 2 N–H and O–H groups in total. The number of hydrogen-bond acceptors (Lipinski definition) is 6. The molecule has 3 fully saturated rings. The molecule has 4 rings (SSSR count). The van der Waals surface area contributed by atoms with Crippen molar-refractivity contribution >= 4 is 14.2 Å². The van der Waals surface area contributed by atoms with Crippen molar-refractivity contribution in [3.8, 4) is 5.75 Å². The molecule has 32 heavy (non-hydrogen) atoms. The first-order valence-corrected chi connectivity index (χ1v) is 12.6. The number of likely N-dealkylation sites (N-methyl/N-ethyl adjacent to an activating group) is 1. The van der Waals surface area contributed by atoms with Crippen molar-refractivity contribution in [1.29, 1.82) is 0 Å². The van der Waals surface area contributed by atoms with Gasteiger partial charge in [0.05, 0.1) is 12.5 Å². The second-order valence-corrected chi connectivity index (χ2v) is 11.3. The Bertz CT molecular complexity index is 875. The molecule has 2 atom stereocenters. The van der Waals surface area contributed by atoms with Crippen LogP contribution in [0.3, 0.4) is 0 Å². The number of nitrogens with one attached hydrogen (secondary N) is 1. The summed E-state index contributed by atoms with van der Waals surface area (Å²) < 4.78 is 28.1. The fraction of sp³-hybridized carbons (Fsp3) is 0.708. The minimum Gasteiger partial charge on any atom is -0.438 e. The predicted octanol–water partition coefficient (Wildman–Crippen LogP) is 4.56. The molecule has 0 radical (unpaired) electrons. The summed E-state index contributed by atoms with van der Waals surface area (Å²) in [6.45, 7) is 9.88.